The summed E-state index contributed by atoms with van der Waals surface area (Å²) in [5.74, 6) is 0.0466. The Bertz CT molecular complexity index is 454. The molecule has 0 saturated heterocycles. The van der Waals surface area contributed by atoms with Crippen molar-refractivity contribution in [1.29, 1.82) is 0 Å². The number of rotatable bonds is 5. The Labute approximate surface area is 102 Å². The molecule has 1 aromatic carbocycles. The van der Waals surface area contributed by atoms with Gasteiger partial charge in [-0.15, -0.1) is 0 Å². The molecular weight excluding hydrogens is 240 g/mol. The van der Waals surface area contributed by atoms with Gasteiger partial charge in [0.2, 0.25) is 10.0 Å². The van der Waals surface area contributed by atoms with E-state index in [0.717, 1.165) is 0 Å². The molecule has 1 rings (SSSR count). The van der Waals surface area contributed by atoms with E-state index in [1.54, 1.807) is 6.92 Å². The molecule has 0 amide bonds. The summed E-state index contributed by atoms with van der Waals surface area (Å²) in [5, 5.41) is 9.10. The van der Waals surface area contributed by atoms with Gasteiger partial charge in [0, 0.05) is 12.6 Å². The van der Waals surface area contributed by atoms with Crippen molar-refractivity contribution in [3.63, 3.8) is 0 Å². The van der Waals surface area contributed by atoms with Crippen molar-refractivity contribution in [2.24, 2.45) is 0 Å². The molecule has 0 fully saturated rings. The molecule has 96 valence electrons. The number of likely N-dealkylation sites (N-methyl/N-ethyl adjacent to an activating group) is 1. The Balaban J connectivity index is 2.78. The first kappa shape index (κ1) is 14.0. The number of nitrogens with zero attached hydrogens (tertiary/aromatic N) is 1. The minimum atomic E-state index is -3.51. The zero-order valence-corrected chi connectivity index (χ0v) is 11.0. The number of nitrogens with one attached hydrogen (secondary N) is 1. The molecule has 17 heavy (non-hydrogen) atoms. The lowest BCUT2D eigenvalue weighted by atomic mass is 10.3. The van der Waals surface area contributed by atoms with E-state index in [4.69, 9.17) is 5.11 Å². The minimum Gasteiger partial charge on any atom is -0.508 e. The normalized spacial score (nSPS) is 13.9. The summed E-state index contributed by atoms with van der Waals surface area (Å²) in [7, 11) is 0.251. The van der Waals surface area contributed by atoms with Gasteiger partial charge >= 0.3 is 0 Å². The van der Waals surface area contributed by atoms with Crippen molar-refractivity contribution in [1.82, 2.24) is 9.62 Å². The molecule has 0 radical (unpaired) electrons. The fraction of sp³-hybridized carbons (Fsp3) is 0.455. The molecule has 5 nitrogen and oxygen atoms in total. The first-order valence-electron chi connectivity index (χ1n) is 5.27. The van der Waals surface area contributed by atoms with Crippen molar-refractivity contribution in [3.8, 4) is 5.75 Å². The predicted octanol–water partition coefficient (Wildman–Crippen LogP) is 0.621. The minimum absolute atomic E-state index is 0.0466. The SMILES string of the molecule is CC(CN(C)C)NS(=O)(=O)c1ccc(O)cc1. The Kier molecular flexibility index (Phi) is 4.50. The zero-order chi connectivity index (χ0) is 13.1. The van der Waals surface area contributed by atoms with Crippen LogP contribution in [0.15, 0.2) is 29.2 Å². The molecule has 0 aliphatic heterocycles. The van der Waals surface area contributed by atoms with Crippen LogP contribution in [0.25, 0.3) is 0 Å². The maximum atomic E-state index is 11.9. The number of phenols is 1. The first-order chi connectivity index (χ1) is 7.81. The molecule has 0 aliphatic rings. The zero-order valence-electron chi connectivity index (χ0n) is 10.2. The summed E-state index contributed by atoms with van der Waals surface area (Å²) in [6.07, 6.45) is 0. The second kappa shape index (κ2) is 5.48. The third-order valence-electron chi connectivity index (χ3n) is 2.14. The maximum Gasteiger partial charge on any atom is 0.240 e. The van der Waals surface area contributed by atoms with Crippen molar-refractivity contribution in [2.45, 2.75) is 17.9 Å². The second-order valence-electron chi connectivity index (χ2n) is 4.28. The predicted molar refractivity (Wildman–Crippen MR) is 66.4 cm³/mol. The van der Waals surface area contributed by atoms with E-state index in [0.29, 0.717) is 6.54 Å². The van der Waals surface area contributed by atoms with Crippen LogP contribution in [0.1, 0.15) is 6.92 Å². The highest BCUT2D eigenvalue weighted by atomic mass is 32.2. The van der Waals surface area contributed by atoms with Gasteiger partial charge in [-0.1, -0.05) is 0 Å². The number of sulfonamides is 1. The number of hydrogen-bond acceptors (Lipinski definition) is 4. The largest absolute Gasteiger partial charge is 0.508 e. The number of phenolic OH excluding ortho intramolecular Hbond substituents is 1. The monoisotopic (exact) mass is 258 g/mol. The van der Waals surface area contributed by atoms with E-state index in [1.165, 1.54) is 24.3 Å². The Hall–Kier alpha value is -1.11. The van der Waals surface area contributed by atoms with Crippen LogP contribution in [0.2, 0.25) is 0 Å². The molecule has 2 N–H and O–H groups in total. The van der Waals surface area contributed by atoms with Gasteiger partial charge in [0.25, 0.3) is 0 Å². The van der Waals surface area contributed by atoms with Crippen LogP contribution >= 0.6 is 0 Å². The average Bonchev–Trinajstić information content (AvgIpc) is 2.15. The highest BCUT2D eigenvalue weighted by Gasteiger charge is 2.17. The standard InChI is InChI=1S/C11H18N2O3S/c1-9(8-13(2)3)12-17(15,16)11-6-4-10(14)5-7-11/h4-7,9,12,14H,8H2,1-3H3. The van der Waals surface area contributed by atoms with E-state index in [2.05, 4.69) is 4.72 Å². The lowest BCUT2D eigenvalue weighted by Crippen LogP contribution is -2.39. The van der Waals surface area contributed by atoms with E-state index in [-0.39, 0.29) is 16.7 Å². The quantitative estimate of drug-likeness (QED) is 0.812. The molecule has 1 atom stereocenters. The van der Waals surface area contributed by atoms with Gasteiger partial charge in [-0.25, -0.2) is 13.1 Å². The molecule has 0 aliphatic carbocycles. The van der Waals surface area contributed by atoms with Gasteiger partial charge in [0.05, 0.1) is 4.90 Å². The van der Waals surface area contributed by atoms with Gasteiger partial charge in [-0.3, -0.25) is 0 Å². The average molecular weight is 258 g/mol. The smallest absolute Gasteiger partial charge is 0.240 e. The summed E-state index contributed by atoms with van der Waals surface area (Å²) in [6, 6.07) is 5.28. The van der Waals surface area contributed by atoms with Crippen LogP contribution in [-0.4, -0.2) is 45.1 Å². The molecule has 0 spiro atoms. The van der Waals surface area contributed by atoms with Crippen LogP contribution in [0, 0.1) is 0 Å². The summed E-state index contributed by atoms with van der Waals surface area (Å²) >= 11 is 0. The molecule has 0 heterocycles. The fourth-order valence-electron chi connectivity index (χ4n) is 1.54. The topological polar surface area (TPSA) is 69.6 Å². The van der Waals surface area contributed by atoms with Crippen molar-refractivity contribution in [2.75, 3.05) is 20.6 Å². The van der Waals surface area contributed by atoms with E-state index < -0.39 is 10.0 Å². The van der Waals surface area contributed by atoms with Gasteiger partial charge < -0.3 is 10.0 Å². The third-order valence-corrected chi connectivity index (χ3v) is 3.75. The van der Waals surface area contributed by atoms with Crippen molar-refractivity contribution in [3.05, 3.63) is 24.3 Å². The second-order valence-corrected chi connectivity index (χ2v) is 5.99. The number of aromatic hydroxyl groups is 1. The molecule has 0 bridgehead atoms. The lowest BCUT2D eigenvalue weighted by molar-refractivity contribution is 0.370. The Morgan fingerprint density at radius 1 is 1.29 bits per heavy atom. The van der Waals surface area contributed by atoms with E-state index in [1.807, 2.05) is 19.0 Å². The van der Waals surface area contributed by atoms with Crippen LogP contribution in [-0.2, 0) is 10.0 Å². The third kappa shape index (κ3) is 4.33. The van der Waals surface area contributed by atoms with Crippen LogP contribution in [0.4, 0.5) is 0 Å². The van der Waals surface area contributed by atoms with Gasteiger partial charge in [0.15, 0.2) is 0 Å². The lowest BCUT2D eigenvalue weighted by Gasteiger charge is -2.18. The highest BCUT2D eigenvalue weighted by Crippen LogP contribution is 2.14. The summed E-state index contributed by atoms with van der Waals surface area (Å²) in [4.78, 5) is 2.06. The maximum absolute atomic E-state index is 11.9. The highest BCUT2D eigenvalue weighted by molar-refractivity contribution is 7.89. The van der Waals surface area contributed by atoms with Gasteiger partial charge in [-0.05, 0) is 45.3 Å². The number of benzene rings is 1. The molecule has 0 aromatic heterocycles. The molecule has 1 aromatic rings. The van der Waals surface area contributed by atoms with E-state index >= 15 is 0 Å². The fourth-order valence-corrected chi connectivity index (χ4v) is 2.78. The Morgan fingerprint density at radius 2 is 1.82 bits per heavy atom. The molecule has 0 saturated carbocycles. The van der Waals surface area contributed by atoms with Crippen molar-refractivity contribution >= 4 is 10.0 Å². The summed E-state index contributed by atoms with van der Waals surface area (Å²) in [6.45, 7) is 2.43. The van der Waals surface area contributed by atoms with Gasteiger partial charge in [-0.2, -0.15) is 0 Å². The first-order valence-corrected chi connectivity index (χ1v) is 6.75. The van der Waals surface area contributed by atoms with Crippen molar-refractivity contribution < 1.29 is 13.5 Å². The number of hydrogen-bond donors (Lipinski definition) is 2. The Morgan fingerprint density at radius 3 is 2.29 bits per heavy atom. The van der Waals surface area contributed by atoms with Crippen LogP contribution < -0.4 is 4.72 Å². The molecular formula is C11H18N2O3S. The summed E-state index contributed by atoms with van der Waals surface area (Å²) < 4.78 is 26.4. The molecule has 6 heteroatoms. The molecule has 1 unspecified atom stereocenters. The van der Waals surface area contributed by atoms with Crippen LogP contribution in [0.3, 0.4) is 0 Å². The summed E-state index contributed by atoms with van der Waals surface area (Å²) in [5.41, 5.74) is 0. The van der Waals surface area contributed by atoms with Crippen LogP contribution in [0.5, 0.6) is 5.75 Å². The van der Waals surface area contributed by atoms with E-state index in [9.17, 15) is 8.42 Å². The van der Waals surface area contributed by atoms with Gasteiger partial charge in [0.1, 0.15) is 5.75 Å².